The van der Waals surface area contributed by atoms with Crippen LogP contribution in [0.25, 0.3) is 0 Å². The van der Waals surface area contributed by atoms with E-state index in [9.17, 15) is 4.79 Å². The second-order valence-corrected chi connectivity index (χ2v) is 4.72. The molecule has 1 aliphatic rings. The molecule has 0 saturated heterocycles. The molecule has 2 aromatic rings. The monoisotopic (exact) mass is 253 g/mol. The third-order valence-electron chi connectivity index (χ3n) is 3.57. The number of hydrogen-bond acceptors (Lipinski definition) is 3. The standard InChI is InChI=1S/C16H15NO2/c1-19-14-6-3-9-17-15(14)16(18)13-8-7-11-4-2-5-12(11)10-13/h3,6-10H,2,4-5H2,1H3. The molecule has 0 radical (unpaired) electrons. The van der Waals surface area contributed by atoms with Crippen LogP contribution in [-0.2, 0) is 12.8 Å². The zero-order chi connectivity index (χ0) is 13.2. The summed E-state index contributed by atoms with van der Waals surface area (Å²) in [5.41, 5.74) is 3.73. The zero-order valence-corrected chi connectivity index (χ0v) is 10.8. The van der Waals surface area contributed by atoms with Gasteiger partial charge in [0, 0.05) is 11.8 Å². The van der Waals surface area contributed by atoms with Crippen LogP contribution in [0, 0.1) is 0 Å². The number of benzene rings is 1. The summed E-state index contributed by atoms with van der Waals surface area (Å²) < 4.78 is 5.20. The maximum Gasteiger partial charge on any atom is 0.215 e. The maximum absolute atomic E-state index is 12.5. The van der Waals surface area contributed by atoms with Crippen LogP contribution in [0.15, 0.2) is 36.5 Å². The molecule has 0 unspecified atom stereocenters. The molecule has 3 heteroatoms. The fourth-order valence-corrected chi connectivity index (χ4v) is 2.58. The molecule has 96 valence electrons. The Balaban J connectivity index is 2.00. The molecule has 0 atom stereocenters. The number of carbonyl (C=O) groups excluding carboxylic acids is 1. The lowest BCUT2D eigenvalue weighted by molar-refractivity contribution is 0.103. The number of fused-ring (bicyclic) bond motifs is 1. The second kappa shape index (κ2) is 4.84. The molecule has 3 rings (SSSR count). The molecule has 19 heavy (non-hydrogen) atoms. The number of rotatable bonds is 3. The summed E-state index contributed by atoms with van der Waals surface area (Å²) in [6.07, 6.45) is 4.98. The van der Waals surface area contributed by atoms with E-state index in [4.69, 9.17) is 4.74 Å². The van der Waals surface area contributed by atoms with Crippen molar-refractivity contribution in [3.8, 4) is 5.75 Å². The summed E-state index contributed by atoms with van der Waals surface area (Å²) in [6.45, 7) is 0. The van der Waals surface area contributed by atoms with E-state index in [1.807, 2.05) is 12.1 Å². The van der Waals surface area contributed by atoms with E-state index >= 15 is 0 Å². The van der Waals surface area contributed by atoms with Crippen LogP contribution in [0.2, 0.25) is 0 Å². The Morgan fingerprint density at radius 2 is 2.05 bits per heavy atom. The lowest BCUT2D eigenvalue weighted by Gasteiger charge is -2.07. The molecule has 0 amide bonds. The van der Waals surface area contributed by atoms with Crippen LogP contribution >= 0.6 is 0 Å². The van der Waals surface area contributed by atoms with Gasteiger partial charge in [0.05, 0.1) is 7.11 Å². The summed E-state index contributed by atoms with van der Waals surface area (Å²) in [7, 11) is 1.55. The molecule has 0 bridgehead atoms. The zero-order valence-electron chi connectivity index (χ0n) is 10.8. The van der Waals surface area contributed by atoms with Crippen LogP contribution in [0.4, 0.5) is 0 Å². The van der Waals surface area contributed by atoms with Crippen LogP contribution in [0.5, 0.6) is 5.75 Å². The lowest BCUT2D eigenvalue weighted by atomic mass is 10.0. The van der Waals surface area contributed by atoms with Gasteiger partial charge in [-0.05, 0) is 48.6 Å². The minimum atomic E-state index is -0.0767. The summed E-state index contributed by atoms with van der Waals surface area (Å²) in [6, 6.07) is 9.47. The topological polar surface area (TPSA) is 39.2 Å². The minimum absolute atomic E-state index is 0.0767. The predicted molar refractivity (Wildman–Crippen MR) is 72.7 cm³/mol. The summed E-state index contributed by atoms with van der Waals surface area (Å²) in [4.78, 5) is 16.6. The van der Waals surface area contributed by atoms with Crippen LogP contribution in [0.1, 0.15) is 33.6 Å². The Morgan fingerprint density at radius 1 is 1.21 bits per heavy atom. The first-order valence-electron chi connectivity index (χ1n) is 6.45. The maximum atomic E-state index is 12.5. The van der Waals surface area contributed by atoms with E-state index in [0.717, 1.165) is 12.8 Å². The fraction of sp³-hybridized carbons (Fsp3) is 0.250. The van der Waals surface area contributed by atoms with Crippen molar-refractivity contribution in [3.63, 3.8) is 0 Å². The Morgan fingerprint density at radius 3 is 2.89 bits per heavy atom. The van der Waals surface area contributed by atoms with Crippen molar-refractivity contribution < 1.29 is 9.53 Å². The Hall–Kier alpha value is -2.16. The average molecular weight is 253 g/mol. The van der Waals surface area contributed by atoms with Gasteiger partial charge < -0.3 is 4.74 Å². The number of methoxy groups -OCH3 is 1. The van der Waals surface area contributed by atoms with Crippen LogP contribution in [0.3, 0.4) is 0 Å². The van der Waals surface area contributed by atoms with E-state index in [-0.39, 0.29) is 5.78 Å². The smallest absolute Gasteiger partial charge is 0.215 e. The highest BCUT2D eigenvalue weighted by Crippen LogP contribution is 2.25. The van der Waals surface area contributed by atoms with Crippen molar-refractivity contribution in [2.45, 2.75) is 19.3 Å². The van der Waals surface area contributed by atoms with Gasteiger partial charge in [-0.2, -0.15) is 0 Å². The van der Waals surface area contributed by atoms with Crippen molar-refractivity contribution in [2.75, 3.05) is 7.11 Å². The van der Waals surface area contributed by atoms with E-state index in [1.165, 1.54) is 17.5 Å². The first-order chi connectivity index (χ1) is 9.29. The quantitative estimate of drug-likeness (QED) is 0.790. The molecule has 0 spiro atoms. The van der Waals surface area contributed by atoms with E-state index in [0.29, 0.717) is 17.0 Å². The van der Waals surface area contributed by atoms with Gasteiger partial charge in [0.15, 0.2) is 5.69 Å². The summed E-state index contributed by atoms with van der Waals surface area (Å²) in [5, 5.41) is 0. The normalized spacial score (nSPS) is 13.1. The Kier molecular flexibility index (Phi) is 3.03. The van der Waals surface area contributed by atoms with Crippen LogP contribution < -0.4 is 4.74 Å². The molecule has 1 aromatic carbocycles. The van der Waals surface area contributed by atoms with Gasteiger partial charge in [0.2, 0.25) is 5.78 Å². The molecule has 0 N–H and O–H groups in total. The van der Waals surface area contributed by atoms with Gasteiger partial charge in [0.25, 0.3) is 0 Å². The van der Waals surface area contributed by atoms with Crippen molar-refractivity contribution in [3.05, 3.63) is 58.9 Å². The number of pyridine rings is 1. The molecule has 0 aliphatic heterocycles. The SMILES string of the molecule is COc1cccnc1C(=O)c1ccc2c(c1)CCC2. The number of nitrogens with zero attached hydrogens (tertiary/aromatic N) is 1. The second-order valence-electron chi connectivity index (χ2n) is 4.72. The number of ketones is 1. The number of carbonyl (C=O) groups is 1. The molecule has 1 aromatic heterocycles. The molecular weight excluding hydrogens is 238 g/mol. The highest BCUT2D eigenvalue weighted by Gasteiger charge is 2.18. The molecule has 1 heterocycles. The van der Waals surface area contributed by atoms with Crippen molar-refractivity contribution >= 4 is 5.78 Å². The molecular formula is C16H15NO2. The largest absolute Gasteiger partial charge is 0.494 e. The predicted octanol–water partition coefficient (Wildman–Crippen LogP) is 2.81. The van der Waals surface area contributed by atoms with Gasteiger partial charge in [0.1, 0.15) is 5.75 Å². The number of aryl methyl sites for hydroxylation is 2. The fourth-order valence-electron chi connectivity index (χ4n) is 2.58. The van der Waals surface area contributed by atoms with Gasteiger partial charge in [-0.25, -0.2) is 4.98 Å². The first kappa shape index (κ1) is 11.9. The highest BCUT2D eigenvalue weighted by atomic mass is 16.5. The van der Waals surface area contributed by atoms with E-state index < -0.39 is 0 Å². The van der Waals surface area contributed by atoms with Gasteiger partial charge in [-0.15, -0.1) is 0 Å². The van der Waals surface area contributed by atoms with E-state index in [2.05, 4.69) is 11.1 Å². The van der Waals surface area contributed by atoms with Gasteiger partial charge >= 0.3 is 0 Å². The molecule has 0 saturated carbocycles. The lowest BCUT2D eigenvalue weighted by Crippen LogP contribution is -2.07. The molecule has 1 aliphatic carbocycles. The van der Waals surface area contributed by atoms with Crippen LogP contribution in [-0.4, -0.2) is 17.9 Å². The van der Waals surface area contributed by atoms with Gasteiger partial charge in [-0.3, -0.25) is 4.79 Å². The Labute approximate surface area is 112 Å². The van der Waals surface area contributed by atoms with Crippen molar-refractivity contribution in [1.29, 1.82) is 0 Å². The first-order valence-corrected chi connectivity index (χ1v) is 6.45. The highest BCUT2D eigenvalue weighted by molar-refractivity contribution is 6.09. The Bertz CT molecular complexity index is 634. The van der Waals surface area contributed by atoms with Gasteiger partial charge in [-0.1, -0.05) is 12.1 Å². The van der Waals surface area contributed by atoms with E-state index in [1.54, 1.807) is 25.4 Å². The minimum Gasteiger partial charge on any atom is -0.494 e. The average Bonchev–Trinajstić information content (AvgIpc) is 2.93. The number of ether oxygens (including phenoxy) is 1. The third-order valence-corrected chi connectivity index (χ3v) is 3.57. The number of aromatic nitrogens is 1. The molecule has 3 nitrogen and oxygen atoms in total. The van der Waals surface area contributed by atoms with Crippen molar-refractivity contribution in [2.24, 2.45) is 0 Å². The molecule has 0 fully saturated rings. The number of hydrogen-bond donors (Lipinski definition) is 0. The third kappa shape index (κ3) is 2.12. The van der Waals surface area contributed by atoms with Crippen molar-refractivity contribution in [1.82, 2.24) is 4.98 Å². The summed E-state index contributed by atoms with van der Waals surface area (Å²) in [5.74, 6) is 0.445. The summed E-state index contributed by atoms with van der Waals surface area (Å²) >= 11 is 0.